The van der Waals surface area contributed by atoms with E-state index >= 15 is 0 Å². The molecule has 2 N–H and O–H groups in total. The molecule has 0 aromatic carbocycles. The molecule has 1 atom stereocenters. The SMILES string of the molecule is CCCC1CCCN(C(=O)c2cnc(C)cc2N)CC1. The molecule has 0 bridgehead atoms. The van der Waals surface area contributed by atoms with E-state index in [0.717, 1.165) is 37.5 Å². The smallest absolute Gasteiger partial charge is 0.257 e. The van der Waals surface area contributed by atoms with Crippen molar-refractivity contribution >= 4 is 11.6 Å². The summed E-state index contributed by atoms with van der Waals surface area (Å²) in [7, 11) is 0. The second-order valence-electron chi connectivity index (χ2n) is 5.79. The number of hydrogen-bond donors (Lipinski definition) is 1. The molecule has 1 aromatic heterocycles. The van der Waals surface area contributed by atoms with Crippen molar-refractivity contribution in [2.24, 2.45) is 5.92 Å². The van der Waals surface area contributed by atoms with E-state index in [9.17, 15) is 4.79 Å². The molecule has 4 heteroatoms. The number of hydrogen-bond acceptors (Lipinski definition) is 3. The zero-order chi connectivity index (χ0) is 14.5. The number of nitrogen functional groups attached to an aromatic ring is 1. The zero-order valence-electron chi connectivity index (χ0n) is 12.6. The third kappa shape index (κ3) is 3.50. The summed E-state index contributed by atoms with van der Waals surface area (Å²) in [5.74, 6) is 0.804. The Morgan fingerprint density at radius 1 is 1.45 bits per heavy atom. The molecule has 0 radical (unpaired) electrons. The van der Waals surface area contributed by atoms with E-state index in [-0.39, 0.29) is 5.91 Å². The summed E-state index contributed by atoms with van der Waals surface area (Å²) in [6.45, 7) is 5.79. The number of rotatable bonds is 3. The molecule has 1 aromatic rings. The molecule has 0 spiro atoms. The number of aryl methyl sites for hydroxylation is 1. The molecule has 1 aliphatic rings. The van der Waals surface area contributed by atoms with Gasteiger partial charge in [0, 0.05) is 30.7 Å². The minimum Gasteiger partial charge on any atom is -0.398 e. The summed E-state index contributed by atoms with van der Waals surface area (Å²) in [5.41, 5.74) is 7.89. The van der Waals surface area contributed by atoms with Crippen molar-refractivity contribution < 1.29 is 4.79 Å². The topological polar surface area (TPSA) is 59.2 Å². The molecule has 1 saturated heterocycles. The summed E-state index contributed by atoms with van der Waals surface area (Å²) in [4.78, 5) is 18.7. The van der Waals surface area contributed by atoms with Crippen LogP contribution in [0, 0.1) is 12.8 Å². The third-order valence-corrected chi connectivity index (χ3v) is 4.13. The number of anilines is 1. The van der Waals surface area contributed by atoms with Crippen molar-refractivity contribution in [1.29, 1.82) is 0 Å². The predicted octanol–water partition coefficient (Wildman–Crippen LogP) is 3.01. The van der Waals surface area contributed by atoms with Crippen molar-refractivity contribution in [3.05, 3.63) is 23.5 Å². The van der Waals surface area contributed by atoms with Crippen molar-refractivity contribution in [2.45, 2.75) is 46.0 Å². The molecule has 2 heterocycles. The van der Waals surface area contributed by atoms with Gasteiger partial charge in [-0.3, -0.25) is 9.78 Å². The highest BCUT2D eigenvalue weighted by atomic mass is 16.2. The van der Waals surface area contributed by atoms with Crippen molar-refractivity contribution in [3.63, 3.8) is 0 Å². The Hall–Kier alpha value is -1.58. The lowest BCUT2D eigenvalue weighted by molar-refractivity contribution is 0.0760. The summed E-state index contributed by atoms with van der Waals surface area (Å²) in [5, 5.41) is 0. The van der Waals surface area contributed by atoms with E-state index in [0.29, 0.717) is 11.3 Å². The number of carbonyl (C=O) groups excluding carboxylic acids is 1. The van der Waals surface area contributed by atoms with Crippen LogP contribution >= 0.6 is 0 Å². The fourth-order valence-electron chi connectivity index (χ4n) is 3.00. The van der Waals surface area contributed by atoms with Gasteiger partial charge in [-0.1, -0.05) is 19.8 Å². The van der Waals surface area contributed by atoms with E-state index in [4.69, 9.17) is 5.73 Å². The van der Waals surface area contributed by atoms with Gasteiger partial charge in [-0.05, 0) is 38.2 Å². The summed E-state index contributed by atoms with van der Waals surface area (Å²) < 4.78 is 0. The molecule has 2 rings (SSSR count). The molecule has 1 aliphatic heterocycles. The largest absolute Gasteiger partial charge is 0.398 e. The second-order valence-corrected chi connectivity index (χ2v) is 5.79. The van der Waals surface area contributed by atoms with Crippen LogP contribution in [0.4, 0.5) is 5.69 Å². The highest BCUT2D eigenvalue weighted by Gasteiger charge is 2.22. The van der Waals surface area contributed by atoms with E-state index in [1.807, 2.05) is 11.8 Å². The van der Waals surface area contributed by atoms with Gasteiger partial charge in [-0.15, -0.1) is 0 Å². The maximum atomic E-state index is 12.6. The Morgan fingerprint density at radius 3 is 2.95 bits per heavy atom. The van der Waals surface area contributed by atoms with Gasteiger partial charge in [0.05, 0.1) is 5.56 Å². The molecule has 1 unspecified atom stereocenters. The number of nitrogens with two attached hydrogens (primary N) is 1. The Kier molecular flexibility index (Phi) is 4.99. The minimum atomic E-state index is 0.0344. The minimum absolute atomic E-state index is 0.0344. The van der Waals surface area contributed by atoms with E-state index < -0.39 is 0 Å². The first-order chi connectivity index (χ1) is 9.61. The number of pyridine rings is 1. The maximum absolute atomic E-state index is 12.6. The van der Waals surface area contributed by atoms with Crippen LogP contribution < -0.4 is 5.73 Å². The average molecular weight is 275 g/mol. The van der Waals surface area contributed by atoms with Crippen LogP contribution in [0.5, 0.6) is 0 Å². The number of nitrogens with zero attached hydrogens (tertiary/aromatic N) is 2. The van der Waals surface area contributed by atoms with Gasteiger partial charge >= 0.3 is 0 Å². The molecule has 4 nitrogen and oxygen atoms in total. The van der Waals surface area contributed by atoms with Crippen LogP contribution in [-0.2, 0) is 0 Å². The van der Waals surface area contributed by atoms with Crippen molar-refractivity contribution in [3.8, 4) is 0 Å². The summed E-state index contributed by atoms with van der Waals surface area (Å²) >= 11 is 0. The van der Waals surface area contributed by atoms with Gasteiger partial charge in [-0.25, -0.2) is 0 Å². The first kappa shape index (κ1) is 14.8. The highest BCUT2D eigenvalue weighted by Crippen LogP contribution is 2.23. The molecule has 1 fully saturated rings. The monoisotopic (exact) mass is 275 g/mol. The second kappa shape index (κ2) is 6.73. The summed E-state index contributed by atoms with van der Waals surface area (Å²) in [6, 6.07) is 1.77. The number of likely N-dealkylation sites (tertiary alicyclic amines) is 1. The number of carbonyl (C=O) groups is 1. The average Bonchev–Trinajstić information content (AvgIpc) is 2.64. The van der Waals surface area contributed by atoms with Crippen LogP contribution in [0.1, 0.15) is 55.1 Å². The van der Waals surface area contributed by atoms with Gasteiger partial charge in [0.2, 0.25) is 0 Å². The first-order valence-electron chi connectivity index (χ1n) is 7.63. The van der Waals surface area contributed by atoms with E-state index in [1.165, 1.54) is 19.3 Å². The Balaban J connectivity index is 2.05. The lowest BCUT2D eigenvalue weighted by Crippen LogP contribution is -2.32. The van der Waals surface area contributed by atoms with E-state index in [2.05, 4.69) is 11.9 Å². The van der Waals surface area contributed by atoms with Gasteiger partial charge in [0.25, 0.3) is 5.91 Å². The third-order valence-electron chi connectivity index (χ3n) is 4.13. The number of aromatic nitrogens is 1. The number of amides is 1. The molecular weight excluding hydrogens is 250 g/mol. The molecule has 20 heavy (non-hydrogen) atoms. The molecular formula is C16H25N3O. The fourth-order valence-corrected chi connectivity index (χ4v) is 3.00. The van der Waals surface area contributed by atoms with Crippen molar-refractivity contribution in [2.75, 3.05) is 18.8 Å². The van der Waals surface area contributed by atoms with Crippen LogP contribution in [-0.4, -0.2) is 28.9 Å². The van der Waals surface area contributed by atoms with Gasteiger partial charge < -0.3 is 10.6 Å². The standard InChI is InChI=1S/C16H25N3O/c1-3-5-13-6-4-8-19(9-7-13)16(20)14-11-18-12(2)10-15(14)17/h10-11,13H,3-9H2,1-2H3,(H2,17,18). The Labute approximate surface area is 121 Å². The lowest BCUT2D eigenvalue weighted by Gasteiger charge is -2.21. The van der Waals surface area contributed by atoms with Gasteiger partial charge in [0.15, 0.2) is 0 Å². The zero-order valence-corrected chi connectivity index (χ0v) is 12.6. The summed E-state index contributed by atoms with van der Waals surface area (Å²) in [6.07, 6.45) is 7.55. The molecule has 0 aliphatic carbocycles. The Bertz CT molecular complexity index is 473. The van der Waals surface area contributed by atoms with Crippen LogP contribution in [0.15, 0.2) is 12.3 Å². The molecule has 110 valence electrons. The van der Waals surface area contributed by atoms with Crippen LogP contribution in [0.3, 0.4) is 0 Å². The molecule has 0 saturated carbocycles. The maximum Gasteiger partial charge on any atom is 0.257 e. The van der Waals surface area contributed by atoms with Gasteiger partial charge in [-0.2, -0.15) is 0 Å². The van der Waals surface area contributed by atoms with Crippen LogP contribution in [0.25, 0.3) is 0 Å². The Morgan fingerprint density at radius 2 is 2.25 bits per heavy atom. The normalized spacial score (nSPS) is 19.7. The first-order valence-corrected chi connectivity index (χ1v) is 7.63. The fraction of sp³-hybridized carbons (Fsp3) is 0.625. The van der Waals surface area contributed by atoms with Crippen LogP contribution in [0.2, 0.25) is 0 Å². The predicted molar refractivity (Wildman–Crippen MR) is 81.5 cm³/mol. The van der Waals surface area contributed by atoms with E-state index in [1.54, 1.807) is 12.3 Å². The highest BCUT2D eigenvalue weighted by molar-refractivity contribution is 5.98. The van der Waals surface area contributed by atoms with Crippen molar-refractivity contribution in [1.82, 2.24) is 9.88 Å². The quantitative estimate of drug-likeness (QED) is 0.922. The molecule has 1 amide bonds. The van der Waals surface area contributed by atoms with Gasteiger partial charge in [0.1, 0.15) is 0 Å². The lowest BCUT2D eigenvalue weighted by atomic mass is 9.96.